The SMILES string of the molecule is O=C(CCCCC1SCC2NC(=O)NC21)NCCCCCCCN(CCCCCCCNC(=O)CCCCC1SCC2NC(=O)NC21)Cc1ccc(C(=O)O)cc1. The van der Waals surface area contributed by atoms with Crippen LogP contribution in [0, 0.1) is 0 Å². The highest BCUT2D eigenvalue weighted by molar-refractivity contribution is 8.00. The van der Waals surface area contributed by atoms with Crippen LogP contribution in [0.3, 0.4) is 0 Å². The van der Waals surface area contributed by atoms with Gasteiger partial charge in [0.2, 0.25) is 11.8 Å². The molecule has 4 fully saturated rings. The van der Waals surface area contributed by atoms with Gasteiger partial charge in [0.05, 0.1) is 29.7 Å². The summed E-state index contributed by atoms with van der Waals surface area (Å²) in [5.41, 5.74) is 1.44. The van der Waals surface area contributed by atoms with E-state index in [1.165, 1.54) is 0 Å². The van der Waals surface area contributed by atoms with Gasteiger partial charge in [0, 0.05) is 54.5 Å². The van der Waals surface area contributed by atoms with Crippen LogP contribution >= 0.6 is 23.5 Å². The van der Waals surface area contributed by atoms with Gasteiger partial charge < -0.3 is 37.0 Å². The zero-order chi connectivity index (χ0) is 40.2. The summed E-state index contributed by atoms with van der Waals surface area (Å²) < 4.78 is 0. The standard InChI is InChI=1S/C42H67N7O6S2/c50-36(17-9-7-15-34-38-32(28-56-34)45-41(54)47-38)43-23-11-3-1-5-13-25-49(27-30-19-21-31(22-20-30)40(52)53)26-14-6-2-4-12-24-44-37(51)18-10-8-16-35-39-33(29-57-35)46-42(55)48-39/h19-22,32-35,38-39H,1-18,23-29H2,(H,43,50)(H,44,51)(H,52,53)(H2,45,47,54)(H2,46,48,55). The fourth-order valence-corrected chi connectivity index (χ4v) is 11.5. The first-order valence-corrected chi connectivity index (χ1v) is 23.8. The lowest BCUT2D eigenvalue weighted by Gasteiger charge is -2.22. The maximum Gasteiger partial charge on any atom is 0.335 e. The van der Waals surface area contributed by atoms with Gasteiger partial charge in [-0.2, -0.15) is 23.5 Å². The normalized spacial score (nSPS) is 23.4. The summed E-state index contributed by atoms with van der Waals surface area (Å²) in [6, 6.07) is 8.08. The number of hydrogen-bond acceptors (Lipinski definition) is 8. The van der Waals surface area contributed by atoms with E-state index >= 15 is 0 Å². The van der Waals surface area contributed by atoms with Crippen molar-refractivity contribution in [3.8, 4) is 0 Å². The molecule has 6 atom stereocenters. The molecular weight excluding hydrogens is 763 g/mol. The number of urea groups is 2. The predicted octanol–water partition coefficient (Wildman–Crippen LogP) is 5.77. The second-order valence-corrected chi connectivity index (χ2v) is 18.8. The van der Waals surface area contributed by atoms with Crippen LogP contribution in [0.4, 0.5) is 9.59 Å². The number of hydrogen-bond donors (Lipinski definition) is 7. The van der Waals surface area contributed by atoms with Gasteiger partial charge in [-0.15, -0.1) is 0 Å². The van der Waals surface area contributed by atoms with Crippen LogP contribution in [0.5, 0.6) is 0 Å². The van der Waals surface area contributed by atoms with Gasteiger partial charge in [0.15, 0.2) is 0 Å². The topological polar surface area (TPSA) is 181 Å². The number of rotatable bonds is 29. The van der Waals surface area contributed by atoms with Crippen molar-refractivity contribution in [2.45, 2.75) is 157 Å². The number of benzene rings is 1. The van der Waals surface area contributed by atoms with E-state index in [0.29, 0.717) is 28.9 Å². The highest BCUT2D eigenvalue weighted by Gasteiger charge is 2.43. The number of aromatic carboxylic acids is 1. The summed E-state index contributed by atoms with van der Waals surface area (Å²) in [5.74, 6) is 1.30. The molecule has 0 radical (unpaired) electrons. The number of carbonyl (C=O) groups is 5. The van der Waals surface area contributed by atoms with Gasteiger partial charge in [-0.3, -0.25) is 14.5 Å². The van der Waals surface area contributed by atoms with Crippen LogP contribution in [0.2, 0.25) is 0 Å². The van der Waals surface area contributed by atoms with Crippen LogP contribution in [0.15, 0.2) is 24.3 Å². The third-order valence-corrected chi connectivity index (χ3v) is 14.7. The second-order valence-electron chi connectivity index (χ2n) is 16.2. The van der Waals surface area contributed by atoms with Crippen LogP contribution in [0.25, 0.3) is 0 Å². The molecule has 1 aromatic carbocycles. The molecule has 318 valence electrons. The van der Waals surface area contributed by atoms with E-state index in [9.17, 15) is 29.1 Å². The lowest BCUT2D eigenvalue weighted by atomic mass is 10.0. The van der Waals surface area contributed by atoms with Crippen molar-refractivity contribution in [1.82, 2.24) is 36.8 Å². The largest absolute Gasteiger partial charge is 0.478 e. The van der Waals surface area contributed by atoms with Crippen LogP contribution in [-0.2, 0) is 16.1 Å². The van der Waals surface area contributed by atoms with E-state index in [1.807, 2.05) is 35.7 Å². The van der Waals surface area contributed by atoms with E-state index in [1.54, 1.807) is 12.1 Å². The van der Waals surface area contributed by atoms with Crippen molar-refractivity contribution >= 4 is 53.4 Å². The molecule has 0 saturated carbocycles. The number of fused-ring (bicyclic) bond motifs is 2. The van der Waals surface area contributed by atoms with Crippen molar-refractivity contribution in [2.24, 2.45) is 0 Å². The molecule has 57 heavy (non-hydrogen) atoms. The Hall–Kier alpha value is -3.17. The lowest BCUT2D eigenvalue weighted by Crippen LogP contribution is -2.36. The minimum absolute atomic E-state index is 0.0510. The Morgan fingerprint density at radius 1 is 0.614 bits per heavy atom. The van der Waals surface area contributed by atoms with Crippen molar-refractivity contribution in [3.05, 3.63) is 35.4 Å². The first kappa shape index (κ1) is 44.9. The molecule has 6 amide bonds. The Balaban J connectivity index is 0.854. The molecule has 4 saturated heterocycles. The molecule has 0 spiro atoms. The minimum Gasteiger partial charge on any atom is -0.478 e. The molecule has 4 heterocycles. The predicted molar refractivity (Wildman–Crippen MR) is 229 cm³/mol. The van der Waals surface area contributed by atoms with E-state index in [0.717, 1.165) is 153 Å². The van der Waals surface area contributed by atoms with E-state index in [-0.39, 0.29) is 48.0 Å². The Kier molecular flexibility index (Phi) is 19.5. The Morgan fingerprint density at radius 2 is 1.07 bits per heavy atom. The van der Waals surface area contributed by atoms with E-state index in [2.05, 4.69) is 36.8 Å². The molecule has 1 aromatic rings. The molecule has 7 N–H and O–H groups in total. The van der Waals surface area contributed by atoms with Crippen molar-refractivity contribution in [3.63, 3.8) is 0 Å². The van der Waals surface area contributed by atoms with E-state index in [4.69, 9.17) is 0 Å². The number of unbranched alkanes of at least 4 members (excludes halogenated alkanes) is 10. The highest BCUT2D eigenvalue weighted by Crippen LogP contribution is 2.34. The van der Waals surface area contributed by atoms with Gasteiger partial charge in [0.1, 0.15) is 0 Å². The maximum atomic E-state index is 12.3. The third kappa shape index (κ3) is 15.8. The number of carboxylic acids is 1. The van der Waals surface area contributed by atoms with Crippen LogP contribution in [-0.4, -0.2) is 112 Å². The second kappa shape index (κ2) is 24.7. The number of carboxylic acid groups (broad SMARTS) is 1. The van der Waals surface area contributed by atoms with Crippen molar-refractivity contribution in [2.75, 3.05) is 37.7 Å². The van der Waals surface area contributed by atoms with Gasteiger partial charge in [-0.1, -0.05) is 63.5 Å². The average molecular weight is 830 g/mol. The number of amides is 6. The molecule has 5 rings (SSSR count). The fourth-order valence-electron chi connectivity index (χ4n) is 8.44. The fraction of sp³-hybridized carbons (Fsp3) is 0.738. The molecule has 0 bridgehead atoms. The van der Waals surface area contributed by atoms with Crippen LogP contribution < -0.4 is 31.9 Å². The molecule has 6 unspecified atom stereocenters. The number of carbonyl (C=O) groups excluding carboxylic acids is 4. The smallest absolute Gasteiger partial charge is 0.335 e. The van der Waals surface area contributed by atoms with Gasteiger partial charge in [0.25, 0.3) is 0 Å². The Morgan fingerprint density at radius 3 is 1.54 bits per heavy atom. The van der Waals surface area contributed by atoms with E-state index < -0.39 is 5.97 Å². The quantitative estimate of drug-likeness (QED) is 0.0390. The van der Waals surface area contributed by atoms with Crippen molar-refractivity contribution in [1.29, 1.82) is 0 Å². The summed E-state index contributed by atoms with van der Waals surface area (Å²) in [4.78, 5) is 61.6. The maximum absolute atomic E-state index is 12.3. The zero-order valence-corrected chi connectivity index (χ0v) is 35.3. The highest BCUT2D eigenvalue weighted by atomic mass is 32.2. The summed E-state index contributed by atoms with van der Waals surface area (Å²) in [6.07, 6.45) is 17.9. The molecule has 0 aliphatic carbocycles. The molecule has 4 aliphatic heterocycles. The Bertz CT molecular complexity index is 1360. The van der Waals surface area contributed by atoms with Gasteiger partial charge >= 0.3 is 18.0 Å². The van der Waals surface area contributed by atoms with Gasteiger partial charge in [-0.25, -0.2) is 14.4 Å². The van der Waals surface area contributed by atoms with Crippen LogP contribution in [0.1, 0.15) is 131 Å². The lowest BCUT2D eigenvalue weighted by molar-refractivity contribution is -0.122. The molecule has 13 nitrogen and oxygen atoms in total. The summed E-state index contributed by atoms with van der Waals surface area (Å²) in [5, 5.41) is 28.4. The monoisotopic (exact) mass is 829 g/mol. The average Bonchev–Trinajstić information content (AvgIpc) is 3.96. The molecular formula is C42H67N7O6S2. The summed E-state index contributed by atoms with van der Waals surface area (Å²) >= 11 is 3.84. The number of nitrogens with zero attached hydrogens (tertiary/aromatic N) is 1. The number of thioether (sulfide) groups is 2. The first-order valence-electron chi connectivity index (χ1n) is 21.7. The Labute approximate surface area is 347 Å². The first-order chi connectivity index (χ1) is 27.7. The number of nitrogens with one attached hydrogen (secondary N) is 6. The molecule has 0 aromatic heterocycles. The zero-order valence-electron chi connectivity index (χ0n) is 33.7. The summed E-state index contributed by atoms with van der Waals surface area (Å²) in [7, 11) is 0. The van der Waals surface area contributed by atoms with Crippen molar-refractivity contribution < 1.29 is 29.1 Å². The molecule has 15 heteroatoms. The van der Waals surface area contributed by atoms with Gasteiger partial charge in [-0.05, 0) is 82.2 Å². The summed E-state index contributed by atoms with van der Waals surface area (Å²) in [6.45, 7) is 4.27. The third-order valence-electron chi connectivity index (χ3n) is 11.7. The molecule has 4 aliphatic rings. The minimum atomic E-state index is -0.906.